The molecule has 2 unspecified atom stereocenters. The number of rotatable bonds is 1. The van der Waals surface area contributed by atoms with Gasteiger partial charge >= 0.3 is 0 Å². The van der Waals surface area contributed by atoms with Crippen LogP contribution in [0.3, 0.4) is 0 Å². The molecule has 1 heterocycles. The maximum atomic E-state index is 6.27. The summed E-state index contributed by atoms with van der Waals surface area (Å²) < 4.78 is 0. The highest BCUT2D eigenvalue weighted by molar-refractivity contribution is 6.69. The van der Waals surface area contributed by atoms with Gasteiger partial charge in [-0.1, -0.05) is 54.9 Å². The second kappa shape index (κ2) is 4.40. The molecule has 2 aliphatic rings. The summed E-state index contributed by atoms with van der Waals surface area (Å²) in [5.41, 5.74) is 5.11. The van der Waals surface area contributed by atoms with Gasteiger partial charge in [-0.2, -0.15) is 0 Å². The number of aliphatic imine (C=N–C) groups is 1. The molecule has 0 aromatic heterocycles. The molecule has 2 heteroatoms. The van der Waals surface area contributed by atoms with E-state index in [-0.39, 0.29) is 6.04 Å². The molecule has 1 aromatic carbocycles. The second-order valence-corrected chi connectivity index (χ2v) is 5.28. The average Bonchev–Trinajstić information content (AvgIpc) is 2.39. The zero-order valence-corrected chi connectivity index (χ0v) is 11.4. The largest absolute Gasteiger partial charge is 0.264 e. The molecule has 0 amide bonds. The van der Waals surface area contributed by atoms with E-state index in [4.69, 9.17) is 16.6 Å². The highest BCUT2D eigenvalue weighted by Crippen LogP contribution is 2.42. The van der Waals surface area contributed by atoms with Crippen LogP contribution in [0.1, 0.15) is 37.4 Å². The van der Waals surface area contributed by atoms with Gasteiger partial charge in [-0.3, -0.25) is 4.99 Å². The monoisotopic (exact) mass is 257 g/mol. The Morgan fingerprint density at radius 2 is 2.00 bits per heavy atom. The Bertz CT molecular complexity index is 581. The van der Waals surface area contributed by atoms with Gasteiger partial charge < -0.3 is 0 Å². The smallest absolute Gasteiger partial charge is 0.127 e. The lowest BCUT2D eigenvalue weighted by Gasteiger charge is -2.31. The van der Waals surface area contributed by atoms with E-state index in [1.165, 1.54) is 22.3 Å². The number of allylic oxidation sites excluding steroid dienone is 2. The molecule has 0 fully saturated rings. The van der Waals surface area contributed by atoms with Crippen LogP contribution in [0.5, 0.6) is 0 Å². The molecule has 1 aliphatic heterocycles. The van der Waals surface area contributed by atoms with Crippen molar-refractivity contribution in [3.63, 3.8) is 0 Å². The van der Waals surface area contributed by atoms with Crippen LogP contribution in [0.2, 0.25) is 0 Å². The van der Waals surface area contributed by atoms with Gasteiger partial charge in [0.05, 0.1) is 6.04 Å². The van der Waals surface area contributed by atoms with Crippen molar-refractivity contribution < 1.29 is 0 Å². The lowest BCUT2D eigenvalue weighted by Crippen LogP contribution is -2.19. The minimum Gasteiger partial charge on any atom is -0.264 e. The highest BCUT2D eigenvalue weighted by Gasteiger charge is 2.30. The second-order valence-electron chi connectivity index (χ2n) is 4.92. The fourth-order valence-electron chi connectivity index (χ4n) is 2.86. The molecule has 92 valence electrons. The molecule has 3 rings (SSSR count). The first kappa shape index (κ1) is 11.7. The first-order valence-corrected chi connectivity index (χ1v) is 6.80. The molecule has 1 aromatic rings. The third-order valence-corrected chi connectivity index (χ3v) is 4.14. The molecule has 0 radical (unpaired) electrons. The topological polar surface area (TPSA) is 12.4 Å². The number of hydrogen-bond donors (Lipinski definition) is 0. The summed E-state index contributed by atoms with van der Waals surface area (Å²) in [4.78, 5) is 4.70. The minimum atomic E-state index is 0.160. The summed E-state index contributed by atoms with van der Waals surface area (Å²) in [7, 11) is 0. The van der Waals surface area contributed by atoms with Crippen molar-refractivity contribution in [1.29, 1.82) is 0 Å². The molecule has 0 spiro atoms. The van der Waals surface area contributed by atoms with Gasteiger partial charge in [0, 0.05) is 5.92 Å². The number of nitrogens with zero attached hydrogens (tertiary/aromatic N) is 1. The quantitative estimate of drug-likeness (QED) is 0.689. The van der Waals surface area contributed by atoms with Crippen LogP contribution in [0.15, 0.2) is 47.0 Å². The van der Waals surface area contributed by atoms with E-state index in [0.717, 1.165) is 6.42 Å². The SMILES string of the molecule is CCC1=CC2C=C(C)c3ccccc3C2N=C1Cl. The number of dihydropyridines is 1. The normalized spacial score (nSPS) is 25.6. The molecular formula is C16H16ClN. The fraction of sp³-hybridized carbons (Fsp3) is 0.312. The van der Waals surface area contributed by atoms with Crippen LogP contribution in [0.4, 0.5) is 0 Å². The zero-order chi connectivity index (χ0) is 12.7. The zero-order valence-electron chi connectivity index (χ0n) is 10.7. The van der Waals surface area contributed by atoms with Crippen molar-refractivity contribution in [1.82, 2.24) is 0 Å². The summed E-state index contributed by atoms with van der Waals surface area (Å²) in [6.45, 7) is 4.30. The lowest BCUT2D eigenvalue weighted by atomic mass is 9.79. The summed E-state index contributed by atoms with van der Waals surface area (Å²) in [5.74, 6) is 0.359. The molecule has 1 aliphatic carbocycles. The number of halogens is 1. The molecule has 2 atom stereocenters. The van der Waals surface area contributed by atoms with Crippen LogP contribution in [0, 0.1) is 5.92 Å². The Morgan fingerprint density at radius 1 is 1.22 bits per heavy atom. The number of benzene rings is 1. The molecule has 18 heavy (non-hydrogen) atoms. The Labute approximate surface area is 113 Å². The summed E-state index contributed by atoms with van der Waals surface area (Å²) in [5, 5.41) is 0.682. The van der Waals surface area contributed by atoms with Crippen molar-refractivity contribution in [2.45, 2.75) is 26.3 Å². The summed E-state index contributed by atoms with van der Waals surface area (Å²) in [6.07, 6.45) is 5.54. The average molecular weight is 258 g/mol. The van der Waals surface area contributed by atoms with Crippen LogP contribution in [-0.4, -0.2) is 5.17 Å². The predicted octanol–water partition coefficient (Wildman–Crippen LogP) is 4.75. The van der Waals surface area contributed by atoms with Gasteiger partial charge in [0.2, 0.25) is 0 Å². The van der Waals surface area contributed by atoms with Crippen LogP contribution < -0.4 is 0 Å². The number of hydrogen-bond acceptors (Lipinski definition) is 1. The molecule has 0 bridgehead atoms. The van der Waals surface area contributed by atoms with Crippen molar-refractivity contribution >= 4 is 22.3 Å². The van der Waals surface area contributed by atoms with Gasteiger partial charge in [0.25, 0.3) is 0 Å². The van der Waals surface area contributed by atoms with Crippen molar-refractivity contribution in [3.8, 4) is 0 Å². The van der Waals surface area contributed by atoms with E-state index in [9.17, 15) is 0 Å². The van der Waals surface area contributed by atoms with Crippen LogP contribution in [-0.2, 0) is 0 Å². The first-order valence-electron chi connectivity index (χ1n) is 6.42. The van der Waals surface area contributed by atoms with E-state index in [0.29, 0.717) is 11.1 Å². The summed E-state index contributed by atoms with van der Waals surface area (Å²) >= 11 is 6.27. The fourth-order valence-corrected chi connectivity index (χ4v) is 3.16. The maximum absolute atomic E-state index is 6.27. The Morgan fingerprint density at radius 3 is 2.78 bits per heavy atom. The van der Waals surface area contributed by atoms with Gasteiger partial charge in [-0.05, 0) is 35.6 Å². The molecule has 0 saturated carbocycles. The Hall–Kier alpha value is -1.34. The minimum absolute atomic E-state index is 0.160. The third-order valence-electron chi connectivity index (χ3n) is 3.80. The third kappa shape index (κ3) is 1.74. The van der Waals surface area contributed by atoms with Crippen molar-refractivity contribution in [2.75, 3.05) is 0 Å². The van der Waals surface area contributed by atoms with Gasteiger partial charge in [0.15, 0.2) is 0 Å². The highest BCUT2D eigenvalue weighted by atomic mass is 35.5. The standard InChI is InChI=1S/C16H16ClN/c1-3-11-9-12-8-10(2)13-6-4-5-7-14(13)15(12)18-16(11)17/h4-9,12,15H,3H2,1-2H3. The van der Waals surface area contributed by atoms with Crippen LogP contribution >= 0.6 is 11.6 Å². The van der Waals surface area contributed by atoms with Crippen molar-refractivity contribution in [2.24, 2.45) is 10.9 Å². The molecule has 0 N–H and O–H groups in total. The molecular weight excluding hydrogens is 242 g/mol. The predicted molar refractivity (Wildman–Crippen MR) is 78.0 cm³/mol. The Balaban J connectivity index is 2.13. The molecule has 0 saturated heterocycles. The van der Waals surface area contributed by atoms with Crippen LogP contribution in [0.25, 0.3) is 5.57 Å². The van der Waals surface area contributed by atoms with E-state index in [2.05, 4.69) is 50.3 Å². The maximum Gasteiger partial charge on any atom is 0.127 e. The van der Waals surface area contributed by atoms with Gasteiger partial charge in [-0.25, -0.2) is 0 Å². The Kier molecular flexibility index (Phi) is 2.87. The molecule has 1 nitrogen and oxygen atoms in total. The first-order chi connectivity index (χ1) is 8.70. The van der Waals surface area contributed by atoms with Crippen molar-refractivity contribution in [3.05, 3.63) is 53.1 Å². The number of fused-ring (bicyclic) bond motifs is 3. The van der Waals surface area contributed by atoms with E-state index < -0.39 is 0 Å². The summed E-state index contributed by atoms with van der Waals surface area (Å²) in [6, 6.07) is 8.66. The van der Waals surface area contributed by atoms with E-state index in [1.54, 1.807) is 0 Å². The lowest BCUT2D eigenvalue weighted by molar-refractivity contribution is 0.601. The van der Waals surface area contributed by atoms with E-state index >= 15 is 0 Å². The van der Waals surface area contributed by atoms with Gasteiger partial charge in [0.1, 0.15) is 5.17 Å². The van der Waals surface area contributed by atoms with E-state index in [1.807, 2.05) is 0 Å². The van der Waals surface area contributed by atoms with Gasteiger partial charge in [-0.15, -0.1) is 0 Å².